The molecule has 7 heteroatoms. The predicted octanol–water partition coefficient (Wildman–Crippen LogP) is 2.85. The van der Waals surface area contributed by atoms with E-state index in [4.69, 9.17) is 10.5 Å². The Kier molecular flexibility index (Phi) is 7.35. The second kappa shape index (κ2) is 9.02. The molecular weight excluding hydrogens is 332 g/mol. The number of carbonyl (C=O) groups excluding carboxylic acids is 2. The van der Waals surface area contributed by atoms with Crippen LogP contribution in [0.3, 0.4) is 0 Å². The highest BCUT2D eigenvalue weighted by Crippen LogP contribution is 2.19. The van der Waals surface area contributed by atoms with Crippen LogP contribution >= 0.6 is 0 Å². The SMILES string of the molecule is Cc1cccc(NC(=O)/C(C#N)=C\N(CCN)C(=O)OC(C)(C)C)c1C. The highest BCUT2D eigenvalue weighted by Gasteiger charge is 2.22. The fourth-order valence-corrected chi connectivity index (χ4v) is 2.04. The lowest BCUT2D eigenvalue weighted by Gasteiger charge is -2.25. The zero-order valence-electron chi connectivity index (χ0n) is 15.9. The van der Waals surface area contributed by atoms with Crippen LogP contribution in [0.15, 0.2) is 30.0 Å². The molecule has 0 unspecified atom stereocenters. The van der Waals surface area contributed by atoms with Gasteiger partial charge in [0, 0.05) is 25.0 Å². The predicted molar refractivity (Wildman–Crippen MR) is 100 cm³/mol. The summed E-state index contributed by atoms with van der Waals surface area (Å²) in [5.74, 6) is -0.605. The van der Waals surface area contributed by atoms with Crippen molar-refractivity contribution in [1.29, 1.82) is 5.26 Å². The standard InChI is InChI=1S/C19H26N4O3/c1-13-7-6-8-16(14(13)2)22-17(24)15(11-21)12-23(10-9-20)18(25)26-19(3,4)5/h6-8,12H,9-10,20H2,1-5H3,(H,22,24)/b15-12-. The number of carbonyl (C=O) groups is 2. The third kappa shape index (κ3) is 6.22. The highest BCUT2D eigenvalue weighted by molar-refractivity contribution is 6.07. The summed E-state index contributed by atoms with van der Waals surface area (Å²) in [5, 5.41) is 12.0. The molecule has 0 saturated heterocycles. The molecule has 0 atom stereocenters. The van der Waals surface area contributed by atoms with Crippen LogP contribution in [0.1, 0.15) is 31.9 Å². The van der Waals surface area contributed by atoms with Crippen LogP contribution in [0.25, 0.3) is 0 Å². The molecule has 3 N–H and O–H groups in total. The van der Waals surface area contributed by atoms with Crippen molar-refractivity contribution in [3.05, 3.63) is 41.1 Å². The first-order valence-electron chi connectivity index (χ1n) is 8.28. The Morgan fingerprint density at radius 2 is 2.00 bits per heavy atom. The van der Waals surface area contributed by atoms with E-state index in [1.807, 2.05) is 32.0 Å². The molecule has 0 radical (unpaired) electrons. The molecule has 0 bridgehead atoms. The van der Waals surface area contributed by atoms with Gasteiger partial charge in [0.15, 0.2) is 0 Å². The molecule has 1 aromatic rings. The Morgan fingerprint density at radius 1 is 1.35 bits per heavy atom. The molecule has 26 heavy (non-hydrogen) atoms. The molecule has 0 aromatic heterocycles. The average molecular weight is 358 g/mol. The van der Waals surface area contributed by atoms with Crippen molar-refractivity contribution >= 4 is 17.7 Å². The Balaban J connectivity index is 3.05. The summed E-state index contributed by atoms with van der Waals surface area (Å²) in [4.78, 5) is 25.8. The van der Waals surface area contributed by atoms with Crippen molar-refractivity contribution in [3.8, 4) is 6.07 Å². The van der Waals surface area contributed by atoms with Crippen LogP contribution in [-0.4, -0.2) is 35.6 Å². The van der Waals surface area contributed by atoms with E-state index in [9.17, 15) is 14.9 Å². The van der Waals surface area contributed by atoms with Gasteiger partial charge in [0.2, 0.25) is 0 Å². The van der Waals surface area contributed by atoms with E-state index >= 15 is 0 Å². The Labute approximate surface area is 154 Å². The molecule has 1 rings (SSSR count). The Morgan fingerprint density at radius 3 is 2.54 bits per heavy atom. The Hall–Kier alpha value is -2.85. The number of hydrogen-bond donors (Lipinski definition) is 2. The molecular formula is C19H26N4O3. The monoisotopic (exact) mass is 358 g/mol. The molecule has 0 aliphatic rings. The summed E-state index contributed by atoms with van der Waals surface area (Å²) in [7, 11) is 0. The maximum absolute atomic E-state index is 12.4. The highest BCUT2D eigenvalue weighted by atomic mass is 16.6. The molecule has 0 fully saturated rings. The van der Waals surface area contributed by atoms with Gasteiger partial charge >= 0.3 is 6.09 Å². The van der Waals surface area contributed by atoms with Crippen LogP contribution < -0.4 is 11.1 Å². The van der Waals surface area contributed by atoms with E-state index in [0.29, 0.717) is 5.69 Å². The number of nitriles is 1. The number of hydrogen-bond acceptors (Lipinski definition) is 5. The number of nitrogens with one attached hydrogen (secondary N) is 1. The maximum atomic E-state index is 12.4. The molecule has 2 amide bonds. The number of amides is 2. The first-order valence-corrected chi connectivity index (χ1v) is 8.28. The third-order valence-electron chi connectivity index (χ3n) is 3.50. The fourth-order valence-electron chi connectivity index (χ4n) is 2.04. The first-order chi connectivity index (χ1) is 12.1. The fraction of sp³-hybridized carbons (Fsp3) is 0.421. The lowest BCUT2D eigenvalue weighted by atomic mass is 10.1. The lowest BCUT2D eigenvalue weighted by molar-refractivity contribution is -0.112. The van der Waals surface area contributed by atoms with Crippen LogP contribution in [-0.2, 0) is 9.53 Å². The van der Waals surface area contributed by atoms with E-state index in [0.717, 1.165) is 16.0 Å². The van der Waals surface area contributed by atoms with E-state index in [1.165, 1.54) is 6.20 Å². The van der Waals surface area contributed by atoms with Gasteiger partial charge in [-0.1, -0.05) is 12.1 Å². The van der Waals surface area contributed by atoms with Gasteiger partial charge < -0.3 is 15.8 Å². The quantitative estimate of drug-likeness (QED) is 0.621. The number of nitrogens with two attached hydrogens (primary N) is 1. The maximum Gasteiger partial charge on any atom is 0.414 e. The minimum absolute atomic E-state index is 0.122. The number of nitrogens with zero attached hydrogens (tertiary/aromatic N) is 2. The lowest BCUT2D eigenvalue weighted by Crippen LogP contribution is -2.37. The minimum Gasteiger partial charge on any atom is -0.443 e. The summed E-state index contributed by atoms with van der Waals surface area (Å²) in [6, 6.07) is 7.32. The number of anilines is 1. The van der Waals surface area contributed by atoms with Gasteiger partial charge in [-0.05, 0) is 51.8 Å². The van der Waals surface area contributed by atoms with Crippen molar-refractivity contribution in [3.63, 3.8) is 0 Å². The molecule has 0 aliphatic heterocycles. The van der Waals surface area contributed by atoms with Gasteiger partial charge in [-0.3, -0.25) is 9.69 Å². The first kappa shape index (κ1) is 21.2. The molecule has 1 aromatic carbocycles. The summed E-state index contributed by atoms with van der Waals surface area (Å²) < 4.78 is 5.28. The Bertz CT molecular complexity index is 742. The van der Waals surface area contributed by atoms with Crippen molar-refractivity contribution in [1.82, 2.24) is 4.90 Å². The van der Waals surface area contributed by atoms with Crippen LogP contribution in [0.2, 0.25) is 0 Å². The van der Waals surface area contributed by atoms with Crippen LogP contribution in [0.5, 0.6) is 0 Å². The molecule has 7 nitrogen and oxygen atoms in total. The molecule has 0 aliphatic carbocycles. The molecule has 0 saturated carbocycles. The second-order valence-electron chi connectivity index (χ2n) is 6.82. The van der Waals surface area contributed by atoms with Crippen molar-refractivity contribution in [2.45, 2.75) is 40.2 Å². The van der Waals surface area contributed by atoms with E-state index in [-0.39, 0.29) is 18.7 Å². The third-order valence-corrected chi connectivity index (χ3v) is 3.50. The van der Waals surface area contributed by atoms with Crippen molar-refractivity contribution < 1.29 is 14.3 Å². The summed E-state index contributed by atoms with van der Waals surface area (Å²) in [5.41, 5.74) is 7.14. The molecule has 0 heterocycles. The number of rotatable bonds is 5. The van der Waals surface area contributed by atoms with Gasteiger partial charge in [-0.25, -0.2) is 4.79 Å². The number of aryl methyl sites for hydroxylation is 1. The van der Waals surface area contributed by atoms with Gasteiger partial charge in [0.05, 0.1) is 0 Å². The zero-order chi connectivity index (χ0) is 19.9. The smallest absolute Gasteiger partial charge is 0.414 e. The van der Waals surface area contributed by atoms with Gasteiger partial charge in [-0.15, -0.1) is 0 Å². The van der Waals surface area contributed by atoms with Gasteiger partial charge in [0.1, 0.15) is 17.2 Å². The van der Waals surface area contributed by atoms with E-state index < -0.39 is 17.6 Å². The van der Waals surface area contributed by atoms with E-state index in [1.54, 1.807) is 26.8 Å². The zero-order valence-corrected chi connectivity index (χ0v) is 15.9. The summed E-state index contributed by atoms with van der Waals surface area (Å²) in [6.45, 7) is 9.28. The number of ether oxygens (including phenoxy) is 1. The topological polar surface area (TPSA) is 108 Å². The van der Waals surface area contributed by atoms with Crippen LogP contribution in [0, 0.1) is 25.2 Å². The minimum atomic E-state index is -0.703. The summed E-state index contributed by atoms with van der Waals surface area (Å²) in [6.07, 6.45) is 0.497. The normalized spacial score (nSPS) is 11.5. The van der Waals surface area contributed by atoms with Crippen molar-refractivity contribution in [2.75, 3.05) is 18.4 Å². The van der Waals surface area contributed by atoms with E-state index in [2.05, 4.69) is 5.32 Å². The molecule has 0 spiro atoms. The number of benzene rings is 1. The second-order valence-corrected chi connectivity index (χ2v) is 6.82. The van der Waals surface area contributed by atoms with Gasteiger partial charge in [-0.2, -0.15) is 5.26 Å². The largest absolute Gasteiger partial charge is 0.443 e. The summed E-state index contributed by atoms with van der Waals surface area (Å²) >= 11 is 0. The van der Waals surface area contributed by atoms with Gasteiger partial charge in [0.25, 0.3) is 5.91 Å². The average Bonchev–Trinajstić information content (AvgIpc) is 2.53. The van der Waals surface area contributed by atoms with Crippen LogP contribution in [0.4, 0.5) is 10.5 Å². The van der Waals surface area contributed by atoms with Crippen molar-refractivity contribution in [2.24, 2.45) is 5.73 Å². The molecule has 140 valence electrons.